The van der Waals surface area contributed by atoms with E-state index in [9.17, 15) is 12.8 Å². The molecule has 7 heteroatoms. The zero-order valence-electron chi connectivity index (χ0n) is 14.8. The number of halogens is 1. The number of hydrogen-bond acceptors (Lipinski definition) is 4. The Kier molecular flexibility index (Phi) is 4.06. The first-order valence-electron chi connectivity index (χ1n) is 8.69. The summed E-state index contributed by atoms with van der Waals surface area (Å²) >= 11 is 0. The summed E-state index contributed by atoms with van der Waals surface area (Å²) in [6.45, 7) is 3.17. The molecule has 0 amide bonds. The zero-order valence-corrected chi connectivity index (χ0v) is 15.6. The number of hydrogen-bond donors (Lipinski definition) is 0. The third-order valence-corrected chi connectivity index (χ3v) is 7.02. The molecule has 2 heterocycles. The zero-order chi connectivity index (χ0) is 18.5. The van der Waals surface area contributed by atoms with Crippen LogP contribution in [-0.4, -0.2) is 34.7 Å². The average molecular weight is 376 g/mol. The number of nitrogens with zero attached hydrogens (tertiary/aromatic N) is 2. The molecule has 0 radical (unpaired) electrons. The van der Waals surface area contributed by atoms with Crippen molar-refractivity contribution >= 4 is 21.4 Å². The third-order valence-electron chi connectivity index (χ3n) is 5.09. The molecule has 2 aliphatic rings. The molecular formula is C19H21FN2O3S. The van der Waals surface area contributed by atoms with Crippen LogP contribution in [-0.2, 0) is 16.4 Å². The summed E-state index contributed by atoms with van der Waals surface area (Å²) in [6.07, 6.45) is 1.32. The van der Waals surface area contributed by atoms with Crippen molar-refractivity contribution in [2.24, 2.45) is 0 Å². The molecule has 2 aliphatic heterocycles. The van der Waals surface area contributed by atoms with E-state index in [0.717, 1.165) is 11.3 Å². The molecule has 0 saturated heterocycles. The molecule has 26 heavy (non-hydrogen) atoms. The number of aryl methyl sites for hydroxylation is 1. The monoisotopic (exact) mass is 376 g/mol. The Morgan fingerprint density at radius 2 is 1.96 bits per heavy atom. The fourth-order valence-electron chi connectivity index (χ4n) is 3.66. The maximum absolute atomic E-state index is 13.6. The van der Waals surface area contributed by atoms with Crippen molar-refractivity contribution in [1.29, 1.82) is 0 Å². The Morgan fingerprint density at radius 3 is 2.77 bits per heavy atom. The van der Waals surface area contributed by atoms with Crippen LogP contribution in [0.3, 0.4) is 0 Å². The summed E-state index contributed by atoms with van der Waals surface area (Å²) in [5.41, 5.74) is 2.05. The molecule has 0 spiro atoms. The minimum Gasteiger partial charge on any atom is -0.490 e. The minimum absolute atomic E-state index is 0.192. The van der Waals surface area contributed by atoms with Crippen LogP contribution in [0.1, 0.15) is 18.9 Å². The lowest BCUT2D eigenvalue weighted by molar-refractivity contribution is 0.311. The van der Waals surface area contributed by atoms with Gasteiger partial charge in [-0.1, -0.05) is 0 Å². The van der Waals surface area contributed by atoms with Gasteiger partial charge in [-0.05, 0) is 61.7 Å². The molecule has 1 atom stereocenters. The van der Waals surface area contributed by atoms with Crippen LogP contribution in [0.15, 0.2) is 41.3 Å². The molecular weight excluding hydrogens is 355 g/mol. The van der Waals surface area contributed by atoms with E-state index in [1.54, 1.807) is 24.3 Å². The molecule has 2 aromatic carbocycles. The van der Waals surface area contributed by atoms with Crippen LogP contribution in [0.5, 0.6) is 5.75 Å². The van der Waals surface area contributed by atoms with Crippen molar-refractivity contribution in [1.82, 2.24) is 0 Å². The predicted molar refractivity (Wildman–Crippen MR) is 99.1 cm³/mol. The van der Waals surface area contributed by atoms with E-state index in [1.807, 2.05) is 18.9 Å². The SMILES string of the molecule is CC1CCc2cc(F)ccc2N1S(=O)(=O)c1ccc2c(c1)N(C)CCO2. The highest BCUT2D eigenvalue weighted by molar-refractivity contribution is 7.92. The van der Waals surface area contributed by atoms with Gasteiger partial charge in [0.1, 0.15) is 18.2 Å². The number of rotatable bonds is 2. The smallest absolute Gasteiger partial charge is 0.264 e. The van der Waals surface area contributed by atoms with E-state index in [-0.39, 0.29) is 16.8 Å². The van der Waals surface area contributed by atoms with Crippen molar-refractivity contribution < 1.29 is 17.5 Å². The fourth-order valence-corrected chi connectivity index (χ4v) is 5.40. The standard InChI is InChI=1S/C19H21FN2O3S/c1-13-3-4-14-11-15(20)5-7-17(14)22(13)26(23,24)16-6-8-19-18(12-16)21(2)9-10-25-19/h5-8,11-13H,3-4,9-10H2,1-2H3. The quantitative estimate of drug-likeness (QED) is 0.808. The van der Waals surface area contributed by atoms with Crippen LogP contribution >= 0.6 is 0 Å². The van der Waals surface area contributed by atoms with Crippen LogP contribution in [0.25, 0.3) is 0 Å². The van der Waals surface area contributed by atoms with Gasteiger partial charge in [-0.3, -0.25) is 4.31 Å². The van der Waals surface area contributed by atoms with Crippen LogP contribution in [0.2, 0.25) is 0 Å². The van der Waals surface area contributed by atoms with Gasteiger partial charge in [-0.15, -0.1) is 0 Å². The predicted octanol–water partition coefficient (Wildman–Crippen LogP) is 3.18. The summed E-state index contributed by atoms with van der Waals surface area (Å²) in [7, 11) is -1.85. The molecule has 0 bridgehead atoms. The van der Waals surface area contributed by atoms with Gasteiger partial charge >= 0.3 is 0 Å². The molecule has 0 aliphatic carbocycles. The number of fused-ring (bicyclic) bond motifs is 2. The summed E-state index contributed by atoms with van der Waals surface area (Å²) in [5, 5.41) is 0. The number of anilines is 2. The largest absolute Gasteiger partial charge is 0.490 e. The molecule has 4 rings (SSSR count). The van der Waals surface area contributed by atoms with Gasteiger partial charge in [0.25, 0.3) is 10.0 Å². The molecule has 0 fully saturated rings. The molecule has 138 valence electrons. The Hall–Kier alpha value is -2.28. The third kappa shape index (κ3) is 2.70. The van der Waals surface area contributed by atoms with E-state index in [4.69, 9.17) is 4.74 Å². The first-order valence-corrected chi connectivity index (χ1v) is 10.1. The Labute approximate surface area is 153 Å². The summed E-state index contributed by atoms with van der Waals surface area (Å²) in [5.74, 6) is 0.343. The lowest BCUT2D eigenvalue weighted by Crippen LogP contribution is -2.42. The number of sulfonamides is 1. The maximum atomic E-state index is 13.6. The Balaban J connectivity index is 1.81. The van der Waals surface area contributed by atoms with E-state index in [2.05, 4.69) is 0 Å². The summed E-state index contributed by atoms with van der Waals surface area (Å²) in [4.78, 5) is 2.21. The van der Waals surface area contributed by atoms with Crippen LogP contribution in [0.4, 0.5) is 15.8 Å². The molecule has 0 saturated carbocycles. The van der Waals surface area contributed by atoms with Gasteiger partial charge in [0.05, 0.1) is 22.8 Å². The van der Waals surface area contributed by atoms with Gasteiger partial charge in [0.2, 0.25) is 0 Å². The van der Waals surface area contributed by atoms with Crippen molar-refractivity contribution in [2.45, 2.75) is 30.7 Å². The lowest BCUT2D eigenvalue weighted by atomic mass is 9.99. The van der Waals surface area contributed by atoms with E-state index < -0.39 is 10.0 Å². The first-order chi connectivity index (χ1) is 12.4. The molecule has 0 aromatic heterocycles. The van der Waals surface area contributed by atoms with Gasteiger partial charge < -0.3 is 9.64 Å². The number of ether oxygens (including phenoxy) is 1. The number of benzene rings is 2. The molecule has 2 aromatic rings. The topological polar surface area (TPSA) is 49.9 Å². The highest BCUT2D eigenvalue weighted by atomic mass is 32.2. The Morgan fingerprint density at radius 1 is 1.15 bits per heavy atom. The Bertz CT molecular complexity index is 961. The second kappa shape index (κ2) is 6.16. The van der Waals surface area contributed by atoms with Crippen molar-refractivity contribution in [3.05, 3.63) is 47.8 Å². The van der Waals surface area contributed by atoms with Crippen molar-refractivity contribution in [2.75, 3.05) is 29.4 Å². The molecule has 0 N–H and O–H groups in total. The van der Waals surface area contributed by atoms with Gasteiger partial charge in [-0.25, -0.2) is 12.8 Å². The van der Waals surface area contributed by atoms with E-state index >= 15 is 0 Å². The van der Waals surface area contributed by atoms with E-state index in [1.165, 1.54) is 16.4 Å². The fraction of sp³-hybridized carbons (Fsp3) is 0.368. The van der Waals surface area contributed by atoms with Gasteiger partial charge in [-0.2, -0.15) is 0 Å². The second-order valence-corrected chi connectivity index (χ2v) is 8.68. The first kappa shape index (κ1) is 17.1. The summed E-state index contributed by atoms with van der Waals surface area (Å²) in [6, 6.07) is 9.06. The molecule has 1 unspecified atom stereocenters. The normalized spacial score (nSPS) is 19.6. The van der Waals surface area contributed by atoms with Crippen LogP contribution < -0.4 is 13.9 Å². The summed E-state index contributed by atoms with van der Waals surface area (Å²) < 4.78 is 47.4. The van der Waals surface area contributed by atoms with Gasteiger partial charge in [0, 0.05) is 13.1 Å². The second-order valence-electron chi connectivity index (χ2n) is 6.86. The van der Waals surface area contributed by atoms with Gasteiger partial charge in [0.15, 0.2) is 0 Å². The lowest BCUT2D eigenvalue weighted by Gasteiger charge is -2.36. The average Bonchev–Trinajstić information content (AvgIpc) is 2.61. The van der Waals surface area contributed by atoms with Crippen molar-refractivity contribution in [3.8, 4) is 5.75 Å². The minimum atomic E-state index is -3.77. The molecule has 5 nitrogen and oxygen atoms in total. The highest BCUT2D eigenvalue weighted by Gasteiger charge is 2.34. The van der Waals surface area contributed by atoms with E-state index in [0.29, 0.717) is 37.4 Å². The highest BCUT2D eigenvalue weighted by Crippen LogP contribution is 2.38. The van der Waals surface area contributed by atoms with Crippen molar-refractivity contribution in [3.63, 3.8) is 0 Å². The van der Waals surface area contributed by atoms with Crippen LogP contribution in [0, 0.1) is 5.82 Å². The maximum Gasteiger partial charge on any atom is 0.264 e. The number of likely N-dealkylation sites (N-methyl/N-ethyl adjacent to an activating group) is 1.